The summed E-state index contributed by atoms with van der Waals surface area (Å²) in [6.07, 6.45) is 0. The maximum Gasteiger partial charge on any atom is 0.146 e. The largest absolute Gasteiger partial charge is 0.378 e. The van der Waals surface area contributed by atoms with Crippen molar-refractivity contribution in [3.05, 3.63) is 29.6 Å². The minimum absolute atomic E-state index is 0.242. The Bertz CT molecular complexity index is 380. The Kier molecular flexibility index (Phi) is 3.93. The van der Waals surface area contributed by atoms with Gasteiger partial charge < -0.3 is 21.1 Å². The summed E-state index contributed by atoms with van der Waals surface area (Å²) in [6, 6.07) is 4.64. The second-order valence-electron chi connectivity index (χ2n) is 4.12. The third-order valence-corrected chi connectivity index (χ3v) is 3.00. The average Bonchev–Trinajstić information content (AvgIpc) is 2.38. The molecule has 1 aromatic carbocycles. The highest BCUT2D eigenvalue weighted by atomic mass is 19.1. The second-order valence-corrected chi connectivity index (χ2v) is 4.12. The Morgan fingerprint density at radius 1 is 1.35 bits per heavy atom. The molecule has 0 saturated carbocycles. The quantitative estimate of drug-likeness (QED) is 0.811. The molecule has 2 rings (SSSR count). The van der Waals surface area contributed by atoms with Gasteiger partial charge in [0, 0.05) is 25.7 Å². The van der Waals surface area contributed by atoms with E-state index in [-0.39, 0.29) is 11.9 Å². The van der Waals surface area contributed by atoms with E-state index in [9.17, 15) is 4.39 Å². The first-order valence-electron chi connectivity index (χ1n) is 5.80. The minimum Gasteiger partial charge on any atom is -0.378 e. The van der Waals surface area contributed by atoms with Crippen LogP contribution in [0.4, 0.5) is 10.1 Å². The van der Waals surface area contributed by atoms with Crippen LogP contribution in [0.15, 0.2) is 18.2 Å². The van der Waals surface area contributed by atoms with Crippen LogP contribution in [0.25, 0.3) is 0 Å². The first kappa shape index (κ1) is 12.3. The van der Waals surface area contributed by atoms with Gasteiger partial charge in [-0.1, -0.05) is 12.1 Å². The Morgan fingerprint density at radius 3 is 2.71 bits per heavy atom. The highest BCUT2D eigenvalue weighted by Gasteiger charge is 2.20. The Morgan fingerprint density at radius 2 is 2.06 bits per heavy atom. The van der Waals surface area contributed by atoms with Crippen LogP contribution in [0.3, 0.4) is 0 Å². The number of nitrogens with two attached hydrogens (primary N) is 2. The Hall–Kier alpha value is -1.17. The fraction of sp³-hybridized carbons (Fsp3) is 0.500. The minimum atomic E-state index is -0.330. The lowest BCUT2D eigenvalue weighted by Gasteiger charge is -2.31. The lowest BCUT2D eigenvalue weighted by atomic mass is 10.0. The van der Waals surface area contributed by atoms with E-state index in [0.29, 0.717) is 38.5 Å². The summed E-state index contributed by atoms with van der Waals surface area (Å²) < 4.78 is 19.2. The van der Waals surface area contributed by atoms with Crippen LogP contribution in [0.1, 0.15) is 11.6 Å². The van der Waals surface area contributed by atoms with Gasteiger partial charge in [-0.25, -0.2) is 4.39 Å². The van der Waals surface area contributed by atoms with Crippen molar-refractivity contribution in [2.45, 2.75) is 6.04 Å². The topological polar surface area (TPSA) is 64.5 Å². The summed E-state index contributed by atoms with van der Waals surface area (Å²) in [5.74, 6) is -0.242. The van der Waals surface area contributed by atoms with Gasteiger partial charge in [-0.05, 0) is 11.6 Å². The summed E-state index contributed by atoms with van der Waals surface area (Å²) in [5.41, 5.74) is 12.8. The molecule has 0 amide bonds. The van der Waals surface area contributed by atoms with Gasteiger partial charge in [0.25, 0.3) is 0 Å². The Labute approximate surface area is 100 Å². The zero-order valence-corrected chi connectivity index (χ0v) is 9.73. The van der Waals surface area contributed by atoms with Crippen LogP contribution < -0.4 is 16.4 Å². The van der Waals surface area contributed by atoms with Crippen molar-refractivity contribution in [1.29, 1.82) is 0 Å². The molecule has 1 saturated heterocycles. The summed E-state index contributed by atoms with van der Waals surface area (Å²) >= 11 is 0. The molecule has 0 spiro atoms. The van der Waals surface area contributed by atoms with Crippen LogP contribution in [-0.2, 0) is 4.74 Å². The van der Waals surface area contributed by atoms with Gasteiger partial charge in [-0.3, -0.25) is 0 Å². The monoisotopic (exact) mass is 239 g/mol. The maximum atomic E-state index is 14.0. The molecule has 0 aromatic heterocycles. The number of rotatable bonds is 3. The number of ether oxygens (including phenoxy) is 1. The van der Waals surface area contributed by atoms with E-state index in [4.69, 9.17) is 16.2 Å². The molecule has 1 atom stereocenters. The normalized spacial score (nSPS) is 18.2. The third kappa shape index (κ3) is 2.57. The molecule has 1 unspecified atom stereocenters. The molecule has 4 N–H and O–H groups in total. The molecule has 5 heteroatoms. The molecule has 0 bridgehead atoms. The molecule has 94 valence electrons. The smallest absolute Gasteiger partial charge is 0.146 e. The van der Waals surface area contributed by atoms with Crippen molar-refractivity contribution in [2.75, 3.05) is 37.7 Å². The molecule has 1 aliphatic heterocycles. The van der Waals surface area contributed by atoms with Gasteiger partial charge in [0.1, 0.15) is 5.82 Å². The number of benzene rings is 1. The van der Waals surface area contributed by atoms with Crippen LogP contribution in [0.5, 0.6) is 0 Å². The van der Waals surface area contributed by atoms with E-state index < -0.39 is 0 Å². The summed E-state index contributed by atoms with van der Waals surface area (Å²) in [6.45, 7) is 2.91. The number of nitrogens with zero attached hydrogens (tertiary/aromatic N) is 1. The number of para-hydroxylation sites is 1. The van der Waals surface area contributed by atoms with Gasteiger partial charge in [0.05, 0.1) is 18.9 Å². The third-order valence-electron chi connectivity index (χ3n) is 3.00. The molecule has 1 fully saturated rings. The van der Waals surface area contributed by atoms with Crippen molar-refractivity contribution in [1.82, 2.24) is 0 Å². The predicted molar refractivity (Wildman–Crippen MR) is 65.4 cm³/mol. The van der Waals surface area contributed by atoms with E-state index in [0.717, 1.165) is 5.56 Å². The number of hydrogen-bond acceptors (Lipinski definition) is 4. The van der Waals surface area contributed by atoms with Crippen molar-refractivity contribution in [2.24, 2.45) is 11.5 Å². The first-order valence-corrected chi connectivity index (χ1v) is 5.80. The lowest BCUT2D eigenvalue weighted by molar-refractivity contribution is 0.122. The van der Waals surface area contributed by atoms with Gasteiger partial charge in [-0.2, -0.15) is 0 Å². The zero-order valence-electron chi connectivity index (χ0n) is 9.73. The highest BCUT2D eigenvalue weighted by molar-refractivity contribution is 5.56. The van der Waals surface area contributed by atoms with E-state index in [1.807, 2.05) is 11.0 Å². The summed E-state index contributed by atoms with van der Waals surface area (Å²) in [5, 5.41) is 0. The van der Waals surface area contributed by atoms with Crippen LogP contribution >= 0.6 is 0 Å². The van der Waals surface area contributed by atoms with Gasteiger partial charge >= 0.3 is 0 Å². The fourth-order valence-corrected chi connectivity index (χ4v) is 2.08. The first-order chi connectivity index (χ1) is 8.24. The molecule has 1 aromatic rings. The molecule has 1 heterocycles. The van der Waals surface area contributed by atoms with Crippen LogP contribution in [0, 0.1) is 5.82 Å². The van der Waals surface area contributed by atoms with E-state index >= 15 is 0 Å². The standard InChI is InChI=1S/C12H18FN3O/c13-10-3-1-2-9(11(15)8-14)12(10)16-4-6-17-7-5-16/h1-3,11H,4-8,14-15H2. The molecular formula is C12H18FN3O. The maximum absolute atomic E-state index is 14.0. The lowest BCUT2D eigenvalue weighted by Crippen LogP contribution is -2.38. The Balaban J connectivity index is 2.35. The van der Waals surface area contributed by atoms with Gasteiger partial charge in [0.2, 0.25) is 0 Å². The number of halogens is 1. The molecule has 0 radical (unpaired) electrons. The highest BCUT2D eigenvalue weighted by Crippen LogP contribution is 2.28. The number of anilines is 1. The molecule has 0 aliphatic carbocycles. The molecule has 17 heavy (non-hydrogen) atoms. The summed E-state index contributed by atoms with van der Waals surface area (Å²) in [4.78, 5) is 1.98. The van der Waals surface area contributed by atoms with Crippen molar-refractivity contribution in [3.63, 3.8) is 0 Å². The van der Waals surface area contributed by atoms with Gasteiger partial charge in [0.15, 0.2) is 0 Å². The van der Waals surface area contributed by atoms with Crippen molar-refractivity contribution < 1.29 is 9.13 Å². The fourth-order valence-electron chi connectivity index (χ4n) is 2.08. The SMILES string of the molecule is NCC(N)c1cccc(F)c1N1CCOCC1. The number of morpholine rings is 1. The predicted octanol–water partition coefficient (Wildman–Crippen LogP) is 0.621. The second kappa shape index (κ2) is 5.44. The molecular weight excluding hydrogens is 221 g/mol. The van der Waals surface area contributed by atoms with E-state index in [2.05, 4.69) is 0 Å². The van der Waals surface area contributed by atoms with Crippen molar-refractivity contribution >= 4 is 5.69 Å². The van der Waals surface area contributed by atoms with Crippen molar-refractivity contribution in [3.8, 4) is 0 Å². The van der Waals surface area contributed by atoms with Gasteiger partial charge in [-0.15, -0.1) is 0 Å². The van der Waals surface area contributed by atoms with E-state index in [1.165, 1.54) is 6.07 Å². The summed E-state index contributed by atoms with van der Waals surface area (Å²) in [7, 11) is 0. The van der Waals surface area contributed by atoms with Crippen LogP contribution in [-0.4, -0.2) is 32.8 Å². The zero-order chi connectivity index (χ0) is 12.3. The average molecular weight is 239 g/mol. The molecule has 4 nitrogen and oxygen atoms in total. The van der Waals surface area contributed by atoms with E-state index in [1.54, 1.807) is 6.07 Å². The number of hydrogen-bond donors (Lipinski definition) is 2. The van der Waals surface area contributed by atoms with Crippen LogP contribution in [0.2, 0.25) is 0 Å². The molecule has 1 aliphatic rings.